The summed E-state index contributed by atoms with van der Waals surface area (Å²) in [6, 6.07) is 1.42. The first-order valence-electron chi connectivity index (χ1n) is 7.38. The van der Waals surface area contributed by atoms with Crippen molar-refractivity contribution in [3.8, 4) is 0 Å². The minimum absolute atomic E-state index is 0.672. The summed E-state index contributed by atoms with van der Waals surface area (Å²) in [5.41, 5.74) is 0. The summed E-state index contributed by atoms with van der Waals surface area (Å²) < 4.78 is 0. The summed E-state index contributed by atoms with van der Waals surface area (Å²) >= 11 is 0. The SMILES string of the molecule is c1c[nH]c(CNC2CCCC2C2CCCCN2)n1. The summed E-state index contributed by atoms with van der Waals surface area (Å²) in [6.45, 7) is 2.09. The molecule has 3 atom stereocenters. The van der Waals surface area contributed by atoms with Gasteiger partial charge in [0.05, 0.1) is 6.54 Å². The highest BCUT2D eigenvalue weighted by molar-refractivity contribution is 4.94. The highest BCUT2D eigenvalue weighted by Gasteiger charge is 2.33. The molecule has 1 aliphatic heterocycles. The minimum Gasteiger partial charge on any atom is -0.348 e. The number of imidazole rings is 1. The molecule has 0 aromatic carbocycles. The summed E-state index contributed by atoms with van der Waals surface area (Å²) in [5.74, 6) is 1.87. The third-order valence-corrected chi connectivity index (χ3v) is 4.52. The molecule has 3 unspecified atom stereocenters. The third-order valence-electron chi connectivity index (χ3n) is 4.52. The topological polar surface area (TPSA) is 52.7 Å². The van der Waals surface area contributed by atoms with Crippen molar-refractivity contribution < 1.29 is 0 Å². The van der Waals surface area contributed by atoms with E-state index in [1.807, 2.05) is 12.4 Å². The standard InChI is InChI=1S/C14H24N4/c1-2-7-15-12(5-1)11-4-3-6-13(11)18-10-14-16-8-9-17-14/h8-9,11-13,15,18H,1-7,10H2,(H,16,17). The van der Waals surface area contributed by atoms with E-state index in [0.717, 1.165) is 24.3 Å². The monoisotopic (exact) mass is 248 g/mol. The number of H-pyrrole nitrogens is 1. The van der Waals surface area contributed by atoms with Crippen molar-refractivity contribution >= 4 is 0 Å². The molecule has 0 amide bonds. The molecule has 100 valence electrons. The van der Waals surface area contributed by atoms with Crippen molar-refractivity contribution in [2.75, 3.05) is 6.54 Å². The number of piperidine rings is 1. The van der Waals surface area contributed by atoms with Crippen LogP contribution in [0.25, 0.3) is 0 Å². The number of nitrogens with zero attached hydrogens (tertiary/aromatic N) is 1. The van der Waals surface area contributed by atoms with Crippen LogP contribution in [0.15, 0.2) is 12.4 Å². The first-order chi connectivity index (χ1) is 8.93. The van der Waals surface area contributed by atoms with Gasteiger partial charge >= 0.3 is 0 Å². The second-order valence-corrected chi connectivity index (χ2v) is 5.67. The molecule has 1 aliphatic carbocycles. The van der Waals surface area contributed by atoms with E-state index in [0.29, 0.717) is 6.04 Å². The second-order valence-electron chi connectivity index (χ2n) is 5.67. The lowest BCUT2D eigenvalue weighted by Gasteiger charge is -2.33. The van der Waals surface area contributed by atoms with E-state index in [1.54, 1.807) is 0 Å². The Labute approximate surface area is 109 Å². The number of aromatic nitrogens is 2. The molecule has 3 rings (SSSR count). The molecular weight excluding hydrogens is 224 g/mol. The van der Waals surface area contributed by atoms with Gasteiger partial charge in [-0.2, -0.15) is 0 Å². The maximum Gasteiger partial charge on any atom is 0.120 e. The van der Waals surface area contributed by atoms with Crippen molar-refractivity contribution in [3.63, 3.8) is 0 Å². The summed E-state index contributed by atoms with van der Waals surface area (Å²) in [6.07, 6.45) is 11.9. The Morgan fingerprint density at radius 2 is 2.22 bits per heavy atom. The van der Waals surface area contributed by atoms with E-state index >= 15 is 0 Å². The average Bonchev–Trinajstić information content (AvgIpc) is 3.09. The van der Waals surface area contributed by atoms with Crippen LogP contribution in [0.1, 0.15) is 44.3 Å². The first kappa shape index (κ1) is 12.2. The Balaban J connectivity index is 1.53. The van der Waals surface area contributed by atoms with Crippen molar-refractivity contribution in [2.24, 2.45) is 5.92 Å². The Hall–Kier alpha value is -0.870. The summed E-state index contributed by atoms with van der Waals surface area (Å²) in [7, 11) is 0. The lowest BCUT2D eigenvalue weighted by molar-refractivity contribution is 0.256. The predicted molar refractivity (Wildman–Crippen MR) is 72.2 cm³/mol. The summed E-state index contributed by atoms with van der Waals surface area (Å²) in [4.78, 5) is 7.45. The fourth-order valence-electron chi connectivity index (χ4n) is 3.59. The van der Waals surface area contributed by atoms with Crippen molar-refractivity contribution in [3.05, 3.63) is 18.2 Å². The molecule has 2 fully saturated rings. The number of rotatable bonds is 4. The largest absolute Gasteiger partial charge is 0.348 e. The molecule has 1 aromatic heterocycles. The van der Waals surface area contributed by atoms with E-state index in [9.17, 15) is 0 Å². The fourth-order valence-corrected chi connectivity index (χ4v) is 3.59. The van der Waals surface area contributed by atoms with Gasteiger partial charge in [0.25, 0.3) is 0 Å². The zero-order chi connectivity index (χ0) is 12.2. The maximum absolute atomic E-state index is 4.28. The summed E-state index contributed by atoms with van der Waals surface area (Å²) in [5, 5.41) is 7.42. The zero-order valence-electron chi connectivity index (χ0n) is 11.0. The molecule has 18 heavy (non-hydrogen) atoms. The maximum atomic E-state index is 4.28. The molecule has 2 aliphatic rings. The smallest absolute Gasteiger partial charge is 0.120 e. The van der Waals surface area contributed by atoms with Gasteiger partial charge in [0.2, 0.25) is 0 Å². The van der Waals surface area contributed by atoms with Crippen LogP contribution in [0.4, 0.5) is 0 Å². The third kappa shape index (κ3) is 2.75. The van der Waals surface area contributed by atoms with E-state index in [4.69, 9.17) is 0 Å². The highest BCUT2D eigenvalue weighted by atomic mass is 15.0. The molecule has 4 heteroatoms. The minimum atomic E-state index is 0.672. The van der Waals surface area contributed by atoms with Crippen LogP contribution in [0.3, 0.4) is 0 Å². The fraction of sp³-hybridized carbons (Fsp3) is 0.786. The Bertz CT molecular complexity index is 343. The number of hydrogen-bond donors (Lipinski definition) is 3. The molecule has 3 N–H and O–H groups in total. The van der Waals surface area contributed by atoms with Gasteiger partial charge in [0.1, 0.15) is 5.82 Å². The van der Waals surface area contributed by atoms with Gasteiger partial charge in [-0.25, -0.2) is 4.98 Å². The molecule has 1 saturated carbocycles. The van der Waals surface area contributed by atoms with Gasteiger partial charge < -0.3 is 15.6 Å². The quantitative estimate of drug-likeness (QED) is 0.761. The number of hydrogen-bond acceptors (Lipinski definition) is 3. The lowest BCUT2D eigenvalue weighted by Crippen LogP contribution is -2.46. The van der Waals surface area contributed by atoms with E-state index in [1.165, 1.54) is 45.1 Å². The van der Waals surface area contributed by atoms with Crippen LogP contribution in [0, 0.1) is 5.92 Å². The Morgan fingerprint density at radius 1 is 1.22 bits per heavy atom. The molecule has 1 saturated heterocycles. The van der Waals surface area contributed by atoms with Crippen molar-refractivity contribution in [2.45, 2.75) is 57.2 Å². The van der Waals surface area contributed by atoms with Crippen molar-refractivity contribution in [1.29, 1.82) is 0 Å². The molecular formula is C14H24N4. The lowest BCUT2D eigenvalue weighted by atomic mass is 9.88. The van der Waals surface area contributed by atoms with E-state index in [2.05, 4.69) is 20.6 Å². The molecule has 0 spiro atoms. The molecule has 1 aromatic rings. The van der Waals surface area contributed by atoms with Gasteiger partial charge in [-0.15, -0.1) is 0 Å². The van der Waals surface area contributed by atoms with Crippen LogP contribution in [-0.2, 0) is 6.54 Å². The second kappa shape index (κ2) is 5.85. The van der Waals surface area contributed by atoms with Crippen molar-refractivity contribution in [1.82, 2.24) is 20.6 Å². The zero-order valence-corrected chi connectivity index (χ0v) is 11.0. The number of aromatic amines is 1. The van der Waals surface area contributed by atoms with Crippen LogP contribution in [0.2, 0.25) is 0 Å². The number of nitrogens with one attached hydrogen (secondary N) is 3. The van der Waals surface area contributed by atoms with Crippen LogP contribution < -0.4 is 10.6 Å². The molecule has 2 heterocycles. The van der Waals surface area contributed by atoms with Gasteiger partial charge in [-0.3, -0.25) is 0 Å². The van der Waals surface area contributed by atoms with Gasteiger partial charge in [-0.05, 0) is 38.1 Å². The van der Waals surface area contributed by atoms with Crippen LogP contribution >= 0.6 is 0 Å². The van der Waals surface area contributed by atoms with Crippen LogP contribution in [-0.4, -0.2) is 28.6 Å². The average molecular weight is 248 g/mol. The van der Waals surface area contributed by atoms with E-state index in [-0.39, 0.29) is 0 Å². The van der Waals surface area contributed by atoms with E-state index < -0.39 is 0 Å². The Morgan fingerprint density at radius 3 is 3.00 bits per heavy atom. The first-order valence-corrected chi connectivity index (χ1v) is 7.38. The molecule has 0 bridgehead atoms. The normalized spacial score (nSPS) is 32.8. The Kier molecular flexibility index (Phi) is 3.96. The highest BCUT2D eigenvalue weighted by Crippen LogP contribution is 2.31. The van der Waals surface area contributed by atoms with Gasteiger partial charge in [-0.1, -0.05) is 12.8 Å². The molecule has 4 nitrogen and oxygen atoms in total. The van der Waals surface area contributed by atoms with Gasteiger partial charge in [0.15, 0.2) is 0 Å². The van der Waals surface area contributed by atoms with Crippen LogP contribution in [0.5, 0.6) is 0 Å². The predicted octanol–water partition coefficient (Wildman–Crippen LogP) is 1.81. The molecule has 0 radical (unpaired) electrons. The van der Waals surface area contributed by atoms with Gasteiger partial charge in [0, 0.05) is 24.5 Å².